The molecule has 1 saturated heterocycles. The zero-order valence-corrected chi connectivity index (χ0v) is 8.60. The fourth-order valence-electron chi connectivity index (χ4n) is 2.41. The quantitative estimate of drug-likeness (QED) is 0.706. The van der Waals surface area contributed by atoms with Gasteiger partial charge < -0.3 is 10.1 Å². The van der Waals surface area contributed by atoms with Crippen LogP contribution in [0.2, 0.25) is 5.02 Å². The van der Waals surface area contributed by atoms with E-state index in [1.54, 1.807) is 0 Å². The number of fused-ring (bicyclic) bond motifs is 2. The maximum Gasteiger partial charge on any atom is 0.108 e. The number of hydrogen-bond acceptors (Lipinski definition) is 2. The number of halogens is 1. The molecule has 1 spiro atoms. The molecule has 0 aromatic heterocycles. The molecule has 1 atom stereocenters. The molecule has 3 heteroatoms. The molecule has 1 fully saturated rings. The maximum absolute atomic E-state index is 6.01. The first-order valence-corrected chi connectivity index (χ1v) is 5.32. The lowest BCUT2D eigenvalue weighted by Gasteiger charge is -2.22. The fraction of sp³-hybridized carbons (Fsp3) is 0.455. The Morgan fingerprint density at radius 2 is 2.36 bits per heavy atom. The van der Waals surface area contributed by atoms with Crippen molar-refractivity contribution in [2.75, 3.05) is 13.1 Å². The molecule has 2 nitrogen and oxygen atoms in total. The summed E-state index contributed by atoms with van der Waals surface area (Å²) < 4.78 is 5.91. The van der Waals surface area contributed by atoms with E-state index >= 15 is 0 Å². The number of rotatable bonds is 0. The van der Waals surface area contributed by atoms with Crippen LogP contribution in [0.5, 0.6) is 0 Å². The van der Waals surface area contributed by atoms with Crippen LogP contribution < -0.4 is 5.32 Å². The minimum Gasteiger partial charge on any atom is -0.364 e. The van der Waals surface area contributed by atoms with Gasteiger partial charge in [0.15, 0.2) is 0 Å². The average Bonchev–Trinajstić information content (AvgIpc) is 2.77. The Morgan fingerprint density at radius 3 is 3.14 bits per heavy atom. The van der Waals surface area contributed by atoms with E-state index in [1.165, 1.54) is 11.1 Å². The van der Waals surface area contributed by atoms with Crippen molar-refractivity contribution in [2.45, 2.75) is 18.6 Å². The molecule has 2 heterocycles. The second kappa shape index (κ2) is 2.96. The number of nitrogens with one attached hydrogen (secondary N) is 1. The Hall–Kier alpha value is -0.570. The van der Waals surface area contributed by atoms with Gasteiger partial charge in [-0.1, -0.05) is 17.7 Å². The lowest BCUT2D eigenvalue weighted by atomic mass is 9.92. The summed E-state index contributed by atoms with van der Waals surface area (Å²) in [7, 11) is 0. The zero-order valence-electron chi connectivity index (χ0n) is 7.85. The van der Waals surface area contributed by atoms with Gasteiger partial charge >= 0.3 is 0 Å². The summed E-state index contributed by atoms with van der Waals surface area (Å²) in [6.07, 6.45) is 1.06. The number of hydrogen-bond donors (Lipinski definition) is 1. The van der Waals surface area contributed by atoms with E-state index in [9.17, 15) is 0 Å². The summed E-state index contributed by atoms with van der Waals surface area (Å²) in [5.41, 5.74) is 2.49. The van der Waals surface area contributed by atoms with Crippen molar-refractivity contribution in [1.82, 2.24) is 5.32 Å². The van der Waals surface area contributed by atoms with Gasteiger partial charge in [0.2, 0.25) is 0 Å². The highest BCUT2D eigenvalue weighted by molar-refractivity contribution is 6.30. The minimum atomic E-state index is -0.0831. The Labute approximate surface area is 88.2 Å². The number of ether oxygens (including phenoxy) is 1. The Kier molecular flexibility index (Phi) is 1.84. The molecule has 1 N–H and O–H groups in total. The highest BCUT2D eigenvalue weighted by Crippen LogP contribution is 2.41. The fourth-order valence-corrected chi connectivity index (χ4v) is 2.59. The average molecular weight is 210 g/mol. The summed E-state index contributed by atoms with van der Waals surface area (Å²) in [4.78, 5) is 0. The van der Waals surface area contributed by atoms with E-state index in [2.05, 4.69) is 17.4 Å². The van der Waals surface area contributed by atoms with Crippen molar-refractivity contribution < 1.29 is 4.74 Å². The molecular formula is C11H12ClNO. The van der Waals surface area contributed by atoms with Crippen LogP contribution in [0.25, 0.3) is 0 Å². The van der Waals surface area contributed by atoms with Gasteiger partial charge in [-0.2, -0.15) is 0 Å². The molecule has 0 saturated carbocycles. The number of benzene rings is 1. The van der Waals surface area contributed by atoms with Gasteiger partial charge in [0.25, 0.3) is 0 Å². The Balaban J connectivity index is 2.12. The van der Waals surface area contributed by atoms with Crippen LogP contribution in [0.1, 0.15) is 17.5 Å². The summed E-state index contributed by atoms with van der Waals surface area (Å²) in [6.45, 7) is 2.68. The first kappa shape index (κ1) is 8.72. The summed E-state index contributed by atoms with van der Waals surface area (Å²) >= 11 is 6.01. The topological polar surface area (TPSA) is 21.3 Å². The minimum absolute atomic E-state index is 0.0831. The van der Waals surface area contributed by atoms with Crippen LogP contribution in [0.4, 0.5) is 0 Å². The molecule has 0 radical (unpaired) electrons. The maximum atomic E-state index is 6.01. The lowest BCUT2D eigenvalue weighted by Crippen LogP contribution is -2.27. The summed E-state index contributed by atoms with van der Waals surface area (Å²) in [5.74, 6) is 0. The highest BCUT2D eigenvalue weighted by Gasteiger charge is 2.42. The standard InChI is InChI=1S/C11H12ClNO/c12-9-2-1-8-6-14-11(10(8)5-9)3-4-13-7-11/h1-2,5,13H,3-4,6-7H2. The summed E-state index contributed by atoms with van der Waals surface area (Å²) in [5, 5.41) is 4.15. The monoisotopic (exact) mass is 209 g/mol. The van der Waals surface area contributed by atoms with Gasteiger partial charge in [0.1, 0.15) is 5.60 Å². The van der Waals surface area contributed by atoms with E-state index in [4.69, 9.17) is 16.3 Å². The van der Waals surface area contributed by atoms with Crippen molar-refractivity contribution in [1.29, 1.82) is 0 Å². The molecule has 14 heavy (non-hydrogen) atoms. The first-order chi connectivity index (χ1) is 6.80. The highest BCUT2D eigenvalue weighted by atomic mass is 35.5. The van der Waals surface area contributed by atoms with Gasteiger partial charge in [-0.05, 0) is 36.2 Å². The van der Waals surface area contributed by atoms with Crippen molar-refractivity contribution in [3.8, 4) is 0 Å². The van der Waals surface area contributed by atoms with Crippen molar-refractivity contribution in [2.24, 2.45) is 0 Å². The van der Waals surface area contributed by atoms with Crippen LogP contribution in [0.15, 0.2) is 18.2 Å². The van der Waals surface area contributed by atoms with Crippen LogP contribution in [0, 0.1) is 0 Å². The molecule has 0 bridgehead atoms. The molecule has 1 aromatic carbocycles. The zero-order chi connectivity index (χ0) is 9.60. The van der Waals surface area contributed by atoms with Crippen LogP contribution in [-0.4, -0.2) is 13.1 Å². The molecule has 0 aliphatic carbocycles. The van der Waals surface area contributed by atoms with E-state index in [1.807, 2.05) is 6.07 Å². The molecule has 74 valence electrons. The van der Waals surface area contributed by atoms with E-state index in [0.717, 1.165) is 31.1 Å². The smallest absolute Gasteiger partial charge is 0.108 e. The lowest BCUT2D eigenvalue weighted by molar-refractivity contribution is -0.0218. The predicted octanol–water partition coefficient (Wildman–Crippen LogP) is 2.06. The summed E-state index contributed by atoms with van der Waals surface area (Å²) in [6, 6.07) is 6.06. The largest absolute Gasteiger partial charge is 0.364 e. The van der Waals surface area contributed by atoms with Crippen LogP contribution >= 0.6 is 11.6 Å². The molecule has 1 aromatic rings. The third-order valence-electron chi connectivity index (χ3n) is 3.18. The van der Waals surface area contributed by atoms with Gasteiger partial charge in [-0.15, -0.1) is 0 Å². The molecule has 0 amide bonds. The van der Waals surface area contributed by atoms with Gasteiger partial charge in [-0.3, -0.25) is 0 Å². The molecule has 2 aliphatic heterocycles. The Morgan fingerprint density at radius 1 is 1.43 bits per heavy atom. The molecular weight excluding hydrogens is 198 g/mol. The van der Waals surface area contributed by atoms with Crippen molar-refractivity contribution in [3.63, 3.8) is 0 Å². The van der Waals surface area contributed by atoms with Gasteiger partial charge in [0, 0.05) is 11.6 Å². The second-order valence-electron chi connectivity index (χ2n) is 4.01. The SMILES string of the molecule is Clc1ccc2c(c1)C1(CCNC1)OC2. The van der Waals surface area contributed by atoms with E-state index in [0.29, 0.717) is 0 Å². The third-order valence-corrected chi connectivity index (χ3v) is 3.42. The van der Waals surface area contributed by atoms with Crippen molar-refractivity contribution >= 4 is 11.6 Å². The normalized spacial score (nSPS) is 29.8. The molecule has 3 rings (SSSR count). The van der Waals surface area contributed by atoms with E-state index < -0.39 is 0 Å². The van der Waals surface area contributed by atoms with Crippen LogP contribution in [-0.2, 0) is 16.9 Å². The van der Waals surface area contributed by atoms with Crippen molar-refractivity contribution in [3.05, 3.63) is 34.3 Å². The Bertz CT molecular complexity index is 372. The third kappa shape index (κ3) is 1.11. The molecule has 2 aliphatic rings. The van der Waals surface area contributed by atoms with Gasteiger partial charge in [-0.25, -0.2) is 0 Å². The second-order valence-corrected chi connectivity index (χ2v) is 4.45. The van der Waals surface area contributed by atoms with Crippen LogP contribution in [0.3, 0.4) is 0 Å². The van der Waals surface area contributed by atoms with Gasteiger partial charge in [0.05, 0.1) is 6.61 Å². The van der Waals surface area contributed by atoms with E-state index in [-0.39, 0.29) is 5.60 Å². The molecule has 1 unspecified atom stereocenters. The first-order valence-electron chi connectivity index (χ1n) is 4.94. The predicted molar refractivity (Wildman–Crippen MR) is 55.4 cm³/mol.